The van der Waals surface area contributed by atoms with Crippen molar-refractivity contribution < 1.29 is 9.53 Å². The van der Waals surface area contributed by atoms with Crippen LogP contribution in [0.25, 0.3) is 5.69 Å². The Labute approximate surface area is 122 Å². The summed E-state index contributed by atoms with van der Waals surface area (Å²) in [4.78, 5) is 12.3. The minimum absolute atomic E-state index is 0.139. The van der Waals surface area contributed by atoms with Gasteiger partial charge in [-0.25, -0.2) is 9.48 Å². The monoisotopic (exact) mass is 284 g/mol. The molecule has 0 amide bonds. The van der Waals surface area contributed by atoms with E-state index >= 15 is 0 Å². The second kappa shape index (κ2) is 4.38. The predicted molar refractivity (Wildman–Crippen MR) is 74.0 cm³/mol. The highest BCUT2D eigenvalue weighted by molar-refractivity contribution is 5.90. The summed E-state index contributed by atoms with van der Waals surface area (Å²) < 4.78 is 7.34. The Kier molecular flexibility index (Phi) is 2.60. The topological polar surface area (TPSA) is 69.9 Å². The Morgan fingerprint density at radius 2 is 2.19 bits per heavy atom. The molecule has 0 bridgehead atoms. The molecule has 0 radical (unpaired) electrons. The molecular formula is C15H16N4O2. The zero-order chi connectivity index (χ0) is 14.4. The zero-order valence-electron chi connectivity index (χ0n) is 11.8. The van der Waals surface area contributed by atoms with E-state index in [2.05, 4.69) is 15.5 Å². The summed E-state index contributed by atoms with van der Waals surface area (Å²) >= 11 is 0. The molecule has 1 heterocycles. The first kappa shape index (κ1) is 12.5. The average Bonchev–Trinajstić information content (AvgIpc) is 3.38. The maximum absolute atomic E-state index is 12.3. The number of ether oxygens (including phenoxy) is 1. The third-order valence-electron chi connectivity index (χ3n) is 4.39. The van der Waals surface area contributed by atoms with Gasteiger partial charge in [-0.1, -0.05) is 0 Å². The lowest BCUT2D eigenvalue weighted by Crippen LogP contribution is -2.22. The standard InChI is InChI=1S/C15H16N4O2/c1-10-8-11(2-5-13(10)19-9-16-17-18-19)14(20)21-15(6-7-15)12-3-4-12/h2,5,8-9,12H,3-4,6-7H2,1H3. The lowest BCUT2D eigenvalue weighted by Gasteiger charge is -2.16. The largest absolute Gasteiger partial charge is 0.455 e. The van der Waals surface area contributed by atoms with Gasteiger partial charge in [0.05, 0.1) is 11.3 Å². The first-order valence-electron chi connectivity index (χ1n) is 7.25. The van der Waals surface area contributed by atoms with Crippen molar-refractivity contribution in [2.75, 3.05) is 0 Å². The van der Waals surface area contributed by atoms with Crippen molar-refractivity contribution in [3.63, 3.8) is 0 Å². The van der Waals surface area contributed by atoms with Crippen LogP contribution in [0.4, 0.5) is 0 Å². The van der Waals surface area contributed by atoms with E-state index in [4.69, 9.17) is 4.74 Å². The van der Waals surface area contributed by atoms with Gasteiger partial charge in [0.1, 0.15) is 11.9 Å². The van der Waals surface area contributed by atoms with E-state index in [9.17, 15) is 4.79 Å². The lowest BCUT2D eigenvalue weighted by molar-refractivity contribution is 0.0160. The quantitative estimate of drug-likeness (QED) is 0.804. The number of aromatic nitrogens is 4. The van der Waals surface area contributed by atoms with Crippen molar-refractivity contribution in [2.45, 2.75) is 38.2 Å². The molecule has 21 heavy (non-hydrogen) atoms. The number of hydrogen-bond acceptors (Lipinski definition) is 5. The number of esters is 1. The average molecular weight is 284 g/mol. The fourth-order valence-corrected chi connectivity index (χ4v) is 2.88. The highest BCUT2D eigenvalue weighted by Crippen LogP contribution is 2.56. The van der Waals surface area contributed by atoms with Crippen molar-refractivity contribution in [3.05, 3.63) is 35.7 Å². The number of rotatable bonds is 4. The molecule has 6 nitrogen and oxygen atoms in total. The van der Waals surface area contributed by atoms with Crippen LogP contribution in [-0.2, 0) is 4.74 Å². The van der Waals surface area contributed by atoms with Crippen LogP contribution in [-0.4, -0.2) is 31.8 Å². The van der Waals surface area contributed by atoms with Crippen LogP contribution >= 0.6 is 0 Å². The highest BCUT2D eigenvalue weighted by atomic mass is 16.6. The fraction of sp³-hybridized carbons (Fsp3) is 0.467. The molecule has 6 heteroatoms. The molecule has 108 valence electrons. The van der Waals surface area contributed by atoms with Crippen molar-refractivity contribution in [2.24, 2.45) is 5.92 Å². The molecular weight excluding hydrogens is 268 g/mol. The Bertz CT molecular complexity index is 688. The van der Waals surface area contributed by atoms with Crippen molar-refractivity contribution >= 4 is 5.97 Å². The summed E-state index contributed by atoms with van der Waals surface area (Å²) in [5.74, 6) is 0.383. The number of benzene rings is 1. The summed E-state index contributed by atoms with van der Waals surface area (Å²) in [5.41, 5.74) is 2.25. The maximum Gasteiger partial charge on any atom is 0.338 e. The van der Waals surface area contributed by atoms with Crippen LogP contribution in [0, 0.1) is 12.8 Å². The van der Waals surface area contributed by atoms with Gasteiger partial charge >= 0.3 is 5.97 Å². The molecule has 2 fully saturated rings. The normalized spacial score (nSPS) is 19.3. The predicted octanol–water partition coefficient (Wildman–Crippen LogP) is 2.07. The van der Waals surface area contributed by atoms with Gasteiger partial charge in [-0.05, 0) is 72.7 Å². The third kappa shape index (κ3) is 2.20. The third-order valence-corrected chi connectivity index (χ3v) is 4.39. The van der Waals surface area contributed by atoms with E-state index in [-0.39, 0.29) is 11.6 Å². The summed E-state index contributed by atoms with van der Waals surface area (Å²) in [6.07, 6.45) is 5.97. The van der Waals surface area contributed by atoms with E-state index in [1.807, 2.05) is 19.1 Å². The molecule has 4 rings (SSSR count). The summed E-state index contributed by atoms with van der Waals surface area (Å²) in [6, 6.07) is 5.45. The minimum atomic E-state index is -0.217. The van der Waals surface area contributed by atoms with Crippen molar-refractivity contribution in [1.82, 2.24) is 20.2 Å². The van der Waals surface area contributed by atoms with Crippen LogP contribution in [0.2, 0.25) is 0 Å². The first-order valence-corrected chi connectivity index (χ1v) is 7.25. The van der Waals surface area contributed by atoms with Gasteiger partial charge in [0.15, 0.2) is 0 Å². The van der Waals surface area contributed by atoms with Gasteiger partial charge < -0.3 is 4.74 Å². The molecule has 2 aromatic rings. The molecule has 1 aromatic carbocycles. The molecule has 0 saturated heterocycles. The Balaban J connectivity index is 1.55. The van der Waals surface area contributed by atoms with E-state index in [0.29, 0.717) is 11.5 Å². The molecule has 0 spiro atoms. The molecule has 2 aliphatic rings. The molecule has 0 N–H and O–H groups in total. The van der Waals surface area contributed by atoms with Crippen molar-refractivity contribution in [1.29, 1.82) is 0 Å². The smallest absolute Gasteiger partial charge is 0.338 e. The van der Waals surface area contributed by atoms with Gasteiger partial charge in [0, 0.05) is 0 Å². The van der Waals surface area contributed by atoms with Gasteiger partial charge in [-0.2, -0.15) is 0 Å². The maximum atomic E-state index is 12.3. The summed E-state index contributed by atoms with van der Waals surface area (Å²) in [7, 11) is 0. The SMILES string of the molecule is Cc1cc(C(=O)OC2(C3CC3)CC2)ccc1-n1cnnn1. The van der Waals surface area contributed by atoms with Gasteiger partial charge in [-0.3, -0.25) is 0 Å². The minimum Gasteiger partial charge on any atom is -0.455 e. The van der Waals surface area contributed by atoms with E-state index < -0.39 is 0 Å². The summed E-state index contributed by atoms with van der Waals surface area (Å²) in [6.45, 7) is 1.93. The second-order valence-electron chi connectivity index (χ2n) is 5.98. The molecule has 2 aliphatic carbocycles. The second-order valence-corrected chi connectivity index (χ2v) is 5.98. The number of carbonyl (C=O) groups excluding carboxylic acids is 1. The Morgan fingerprint density at radius 3 is 2.76 bits per heavy atom. The lowest BCUT2D eigenvalue weighted by atomic mass is 10.1. The van der Waals surface area contributed by atoms with Gasteiger partial charge in [0.25, 0.3) is 0 Å². The number of tetrazole rings is 1. The molecule has 0 aliphatic heterocycles. The van der Waals surface area contributed by atoms with E-state index in [0.717, 1.165) is 24.1 Å². The highest BCUT2D eigenvalue weighted by Gasteiger charge is 2.57. The molecule has 0 unspecified atom stereocenters. The fourth-order valence-electron chi connectivity index (χ4n) is 2.88. The van der Waals surface area contributed by atoms with Crippen LogP contribution < -0.4 is 0 Å². The Morgan fingerprint density at radius 1 is 1.38 bits per heavy atom. The van der Waals surface area contributed by atoms with Crippen molar-refractivity contribution in [3.8, 4) is 5.69 Å². The number of carbonyl (C=O) groups is 1. The molecule has 2 saturated carbocycles. The van der Waals surface area contributed by atoms with E-state index in [1.54, 1.807) is 10.7 Å². The molecule has 0 atom stereocenters. The Hall–Kier alpha value is -2.24. The first-order chi connectivity index (χ1) is 10.2. The summed E-state index contributed by atoms with van der Waals surface area (Å²) in [5, 5.41) is 11.1. The van der Waals surface area contributed by atoms with Gasteiger partial charge in [0.2, 0.25) is 0 Å². The number of aryl methyl sites for hydroxylation is 1. The van der Waals surface area contributed by atoms with Gasteiger partial charge in [-0.15, -0.1) is 5.10 Å². The zero-order valence-corrected chi connectivity index (χ0v) is 11.8. The number of nitrogens with zero attached hydrogens (tertiary/aromatic N) is 4. The van der Waals surface area contributed by atoms with Crippen LogP contribution in [0.15, 0.2) is 24.5 Å². The van der Waals surface area contributed by atoms with Crippen LogP contribution in [0.3, 0.4) is 0 Å². The van der Waals surface area contributed by atoms with Crippen LogP contribution in [0.1, 0.15) is 41.6 Å². The van der Waals surface area contributed by atoms with Crippen LogP contribution in [0.5, 0.6) is 0 Å². The molecule has 1 aromatic heterocycles. The van der Waals surface area contributed by atoms with E-state index in [1.165, 1.54) is 19.2 Å². The number of hydrogen-bond donors (Lipinski definition) is 0.